The highest BCUT2D eigenvalue weighted by Crippen LogP contribution is 2.11. The fraction of sp³-hybridized carbons (Fsp3) is 0.375. The molecule has 4 N–H and O–H groups in total. The quantitative estimate of drug-likeness (QED) is 0.671. The van der Waals surface area contributed by atoms with Crippen LogP contribution in [0.5, 0.6) is 0 Å². The lowest BCUT2D eigenvalue weighted by molar-refractivity contribution is 0.598. The Kier molecular flexibility index (Phi) is 6.10. The highest BCUT2D eigenvalue weighted by atomic mass is 32.2. The van der Waals surface area contributed by atoms with Gasteiger partial charge in [-0.1, -0.05) is 19.1 Å². The molecule has 2 aromatic rings. The molecule has 0 bridgehead atoms. The fourth-order valence-corrected chi connectivity index (χ4v) is 2.67. The molecule has 8 heteroatoms. The van der Waals surface area contributed by atoms with Crippen LogP contribution in [-0.2, 0) is 16.4 Å². The first kappa shape index (κ1) is 18.2. The second-order valence-electron chi connectivity index (χ2n) is 5.51. The van der Waals surface area contributed by atoms with Gasteiger partial charge in [0.15, 0.2) is 0 Å². The SMILES string of the molecule is CCCNc1cc(C)nc(NCCc2ccc(S(N)(=O)=O)cc2)n1. The number of sulfonamides is 1. The van der Waals surface area contributed by atoms with Gasteiger partial charge in [0.25, 0.3) is 0 Å². The van der Waals surface area contributed by atoms with Gasteiger partial charge in [0, 0.05) is 24.8 Å². The van der Waals surface area contributed by atoms with E-state index in [4.69, 9.17) is 5.14 Å². The minimum absolute atomic E-state index is 0.118. The van der Waals surface area contributed by atoms with Crippen molar-refractivity contribution in [1.29, 1.82) is 0 Å². The summed E-state index contributed by atoms with van der Waals surface area (Å²) in [6.07, 6.45) is 1.75. The predicted octanol–water partition coefficient (Wildman–Crippen LogP) is 1.91. The van der Waals surface area contributed by atoms with Crippen molar-refractivity contribution >= 4 is 21.8 Å². The molecule has 0 aliphatic rings. The monoisotopic (exact) mass is 349 g/mol. The molecule has 1 aromatic heterocycles. The number of aromatic nitrogens is 2. The highest BCUT2D eigenvalue weighted by Gasteiger charge is 2.07. The molecule has 0 saturated carbocycles. The number of hydrogen-bond acceptors (Lipinski definition) is 6. The highest BCUT2D eigenvalue weighted by molar-refractivity contribution is 7.89. The van der Waals surface area contributed by atoms with Crippen molar-refractivity contribution < 1.29 is 8.42 Å². The average molecular weight is 349 g/mol. The molecule has 0 saturated heterocycles. The molecule has 2 rings (SSSR count). The van der Waals surface area contributed by atoms with Gasteiger partial charge in [-0.05, 0) is 37.5 Å². The molecule has 0 atom stereocenters. The van der Waals surface area contributed by atoms with Crippen molar-refractivity contribution in [3.05, 3.63) is 41.6 Å². The van der Waals surface area contributed by atoms with Gasteiger partial charge in [-0.2, -0.15) is 4.98 Å². The largest absolute Gasteiger partial charge is 0.370 e. The van der Waals surface area contributed by atoms with Crippen LogP contribution in [0.4, 0.5) is 11.8 Å². The maximum atomic E-state index is 11.2. The number of anilines is 2. The molecule has 1 aromatic carbocycles. The zero-order chi connectivity index (χ0) is 17.6. The summed E-state index contributed by atoms with van der Waals surface area (Å²) in [5, 5.41) is 11.5. The average Bonchev–Trinajstić information content (AvgIpc) is 2.52. The summed E-state index contributed by atoms with van der Waals surface area (Å²) >= 11 is 0. The zero-order valence-corrected chi connectivity index (χ0v) is 14.7. The van der Waals surface area contributed by atoms with Gasteiger partial charge in [-0.3, -0.25) is 0 Å². The van der Waals surface area contributed by atoms with Crippen molar-refractivity contribution in [3.63, 3.8) is 0 Å². The van der Waals surface area contributed by atoms with Crippen LogP contribution < -0.4 is 15.8 Å². The Bertz CT molecular complexity index is 776. The van der Waals surface area contributed by atoms with Crippen LogP contribution in [0.1, 0.15) is 24.6 Å². The zero-order valence-electron chi connectivity index (χ0n) is 13.9. The van der Waals surface area contributed by atoms with Crippen molar-refractivity contribution in [2.45, 2.75) is 31.6 Å². The Balaban J connectivity index is 1.93. The van der Waals surface area contributed by atoms with E-state index in [-0.39, 0.29) is 4.90 Å². The molecule has 0 unspecified atom stereocenters. The molecule has 130 valence electrons. The lowest BCUT2D eigenvalue weighted by atomic mass is 10.1. The number of rotatable bonds is 8. The lowest BCUT2D eigenvalue weighted by Crippen LogP contribution is -2.12. The Morgan fingerprint density at radius 1 is 1.08 bits per heavy atom. The van der Waals surface area contributed by atoms with Crippen LogP contribution in [0.3, 0.4) is 0 Å². The van der Waals surface area contributed by atoms with Crippen LogP contribution in [-0.4, -0.2) is 31.5 Å². The molecule has 0 spiro atoms. The summed E-state index contributed by atoms with van der Waals surface area (Å²) in [7, 11) is -3.64. The third-order valence-corrected chi connectivity index (χ3v) is 4.29. The van der Waals surface area contributed by atoms with Crippen LogP contribution >= 0.6 is 0 Å². The maximum absolute atomic E-state index is 11.2. The topological polar surface area (TPSA) is 110 Å². The van der Waals surface area contributed by atoms with E-state index in [9.17, 15) is 8.42 Å². The van der Waals surface area contributed by atoms with Gasteiger partial charge < -0.3 is 10.6 Å². The Hall–Kier alpha value is -2.19. The first-order valence-corrected chi connectivity index (χ1v) is 9.38. The van der Waals surface area contributed by atoms with Gasteiger partial charge in [-0.25, -0.2) is 18.5 Å². The Morgan fingerprint density at radius 3 is 2.42 bits per heavy atom. The first-order chi connectivity index (χ1) is 11.4. The van der Waals surface area contributed by atoms with E-state index in [1.165, 1.54) is 12.1 Å². The Morgan fingerprint density at radius 2 is 1.79 bits per heavy atom. The molecule has 1 heterocycles. The van der Waals surface area contributed by atoms with E-state index in [2.05, 4.69) is 27.5 Å². The number of nitrogens with two attached hydrogens (primary N) is 1. The summed E-state index contributed by atoms with van der Waals surface area (Å²) < 4.78 is 22.5. The number of primary sulfonamides is 1. The normalized spacial score (nSPS) is 11.3. The summed E-state index contributed by atoms with van der Waals surface area (Å²) in [6, 6.07) is 8.45. The van der Waals surface area contributed by atoms with E-state index in [1.54, 1.807) is 12.1 Å². The van der Waals surface area contributed by atoms with Crippen molar-refractivity contribution in [3.8, 4) is 0 Å². The number of aryl methyl sites for hydroxylation is 1. The molecular weight excluding hydrogens is 326 g/mol. The lowest BCUT2D eigenvalue weighted by Gasteiger charge is -2.09. The summed E-state index contributed by atoms with van der Waals surface area (Å²) in [6.45, 7) is 5.54. The van der Waals surface area contributed by atoms with Crippen LogP contribution in [0.15, 0.2) is 35.2 Å². The van der Waals surface area contributed by atoms with Gasteiger partial charge in [0.2, 0.25) is 16.0 Å². The second kappa shape index (κ2) is 8.07. The van der Waals surface area contributed by atoms with Crippen molar-refractivity contribution in [2.75, 3.05) is 23.7 Å². The van der Waals surface area contributed by atoms with Crippen LogP contribution in [0, 0.1) is 6.92 Å². The molecular formula is C16H23N5O2S. The van der Waals surface area contributed by atoms with Crippen molar-refractivity contribution in [2.24, 2.45) is 5.14 Å². The van der Waals surface area contributed by atoms with E-state index in [0.29, 0.717) is 12.5 Å². The summed E-state index contributed by atoms with van der Waals surface area (Å²) in [5.41, 5.74) is 1.90. The van der Waals surface area contributed by atoms with Crippen molar-refractivity contribution in [1.82, 2.24) is 9.97 Å². The number of benzene rings is 1. The second-order valence-corrected chi connectivity index (χ2v) is 7.07. The van der Waals surface area contributed by atoms with E-state index in [0.717, 1.165) is 36.5 Å². The number of nitrogens with one attached hydrogen (secondary N) is 2. The minimum Gasteiger partial charge on any atom is -0.370 e. The summed E-state index contributed by atoms with van der Waals surface area (Å²) in [5.74, 6) is 1.39. The molecule has 0 aliphatic heterocycles. The van der Waals surface area contributed by atoms with E-state index >= 15 is 0 Å². The number of nitrogens with zero attached hydrogens (tertiary/aromatic N) is 2. The van der Waals surface area contributed by atoms with Crippen LogP contribution in [0.2, 0.25) is 0 Å². The van der Waals surface area contributed by atoms with Gasteiger partial charge in [0.05, 0.1) is 4.90 Å². The molecule has 0 amide bonds. The third kappa shape index (κ3) is 5.47. The van der Waals surface area contributed by atoms with E-state index < -0.39 is 10.0 Å². The molecule has 24 heavy (non-hydrogen) atoms. The fourth-order valence-electron chi connectivity index (χ4n) is 2.16. The third-order valence-electron chi connectivity index (χ3n) is 3.36. The van der Waals surface area contributed by atoms with Gasteiger partial charge in [0.1, 0.15) is 5.82 Å². The minimum atomic E-state index is -3.64. The summed E-state index contributed by atoms with van der Waals surface area (Å²) in [4.78, 5) is 8.90. The molecule has 0 aliphatic carbocycles. The molecule has 0 fully saturated rings. The van der Waals surface area contributed by atoms with E-state index in [1.807, 2.05) is 13.0 Å². The van der Waals surface area contributed by atoms with Gasteiger partial charge >= 0.3 is 0 Å². The standard InChI is InChI=1S/C16H23N5O2S/c1-3-9-18-15-11-12(2)20-16(21-15)19-10-8-13-4-6-14(7-5-13)24(17,22)23/h4-7,11H,3,8-10H2,1-2H3,(H2,17,22,23)(H2,18,19,20,21). The number of hydrogen-bond donors (Lipinski definition) is 3. The first-order valence-electron chi connectivity index (χ1n) is 7.83. The molecule has 0 radical (unpaired) electrons. The maximum Gasteiger partial charge on any atom is 0.238 e. The van der Waals surface area contributed by atoms with Gasteiger partial charge in [-0.15, -0.1) is 0 Å². The Labute approximate surface area is 142 Å². The predicted molar refractivity (Wildman–Crippen MR) is 95.6 cm³/mol. The van der Waals surface area contributed by atoms with Crippen LogP contribution in [0.25, 0.3) is 0 Å². The molecule has 7 nitrogen and oxygen atoms in total. The smallest absolute Gasteiger partial charge is 0.238 e.